The second kappa shape index (κ2) is 6.58. The fraction of sp³-hybridized carbons (Fsp3) is 1.00. The number of thioether (sulfide) groups is 1. The molecule has 20 heavy (non-hydrogen) atoms. The summed E-state index contributed by atoms with van der Waals surface area (Å²) in [5.41, 5.74) is 0.0318. The third kappa shape index (κ3) is 4.14. The van der Waals surface area contributed by atoms with E-state index in [0.717, 1.165) is 12.5 Å². The van der Waals surface area contributed by atoms with E-state index < -0.39 is 0 Å². The summed E-state index contributed by atoms with van der Waals surface area (Å²) in [7, 11) is 0. The molecule has 2 atom stereocenters. The highest BCUT2D eigenvalue weighted by Crippen LogP contribution is 2.45. The van der Waals surface area contributed by atoms with Gasteiger partial charge in [-0.3, -0.25) is 0 Å². The molecule has 0 bridgehead atoms. The Labute approximate surface area is 129 Å². The molecule has 0 radical (unpaired) electrons. The van der Waals surface area contributed by atoms with E-state index in [1.807, 2.05) is 0 Å². The van der Waals surface area contributed by atoms with Gasteiger partial charge in [0.25, 0.3) is 0 Å². The number of hydrogen-bond donors (Lipinski definition) is 1. The first-order valence-corrected chi connectivity index (χ1v) is 9.51. The van der Waals surface area contributed by atoms with Crippen LogP contribution < -0.4 is 5.32 Å². The van der Waals surface area contributed by atoms with E-state index >= 15 is 0 Å². The molecule has 1 N–H and O–H groups in total. The van der Waals surface area contributed by atoms with Gasteiger partial charge in [-0.1, -0.05) is 6.92 Å². The highest BCUT2D eigenvalue weighted by Gasteiger charge is 2.49. The van der Waals surface area contributed by atoms with Crippen LogP contribution in [0.4, 0.5) is 0 Å². The first kappa shape index (κ1) is 16.6. The van der Waals surface area contributed by atoms with Crippen molar-refractivity contribution >= 4 is 11.8 Å². The fourth-order valence-electron chi connectivity index (χ4n) is 4.22. The van der Waals surface area contributed by atoms with Crippen LogP contribution >= 0.6 is 11.8 Å². The average Bonchev–Trinajstić information content (AvgIpc) is 2.58. The second-order valence-electron chi connectivity index (χ2n) is 7.73. The minimum atomic E-state index is -0.000245. The minimum absolute atomic E-state index is 0.000245. The van der Waals surface area contributed by atoms with Gasteiger partial charge in [-0.2, -0.15) is 11.8 Å². The molecule has 2 aliphatic rings. The van der Waals surface area contributed by atoms with Crippen LogP contribution in [0.1, 0.15) is 60.3 Å². The van der Waals surface area contributed by atoms with Crippen LogP contribution in [0, 0.1) is 11.8 Å². The summed E-state index contributed by atoms with van der Waals surface area (Å²) in [6, 6.07) is 0.616. The first-order valence-electron chi connectivity index (χ1n) is 8.35. The molecule has 118 valence electrons. The van der Waals surface area contributed by atoms with Crippen molar-refractivity contribution in [1.29, 1.82) is 0 Å². The summed E-state index contributed by atoms with van der Waals surface area (Å²) in [5.74, 6) is 4.27. The number of hydrogen-bond acceptors (Lipinski definition) is 3. The molecule has 3 heteroatoms. The normalized spacial score (nSPS) is 31.4. The van der Waals surface area contributed by atoms with E-state index in [2.05, 4.69) is 51.7 Å². The van der Waals surface area contributed by atoms with Gasteiger partial charge in [0.1, 0.15) is 0 Å². The predicted octanol–water partition coefficient (Wildman–Crippen LogP) is 4.09. The summed E-state index contributed by atoms with van der Waals surface area (Å²) >= 11 is 2.13. The molecule has 2 fully saturated rings. The topological polar surface area (TPSA) is 21.3 Å². The standard InChI is InChI=1S/C17H33NOS/c1-6-18-15(11-13-7-9-20-10-8-13)14-12-16(2,3)19-17(14,4)5/h13-15,18H,6-12H2,1-5H3. The van der Waals surface area contributed by atoms with Crippen molar-refractivity contribution in [2.75, 3.05) is 18.1 Å². The molecular formula is C17H33NOS. The molecule has 2 heterocycles. The molecule has 0 aromatic rings. The van der Waals surface area contributed by atoms with E-state index in [1.165, 1.54) is 37.2 Å². The number of ether oxygens (including phenoxy) is 1. The Kier molecular flexibility index (Phi) is 5.47. The molecule has 2 nitrogen and oxygen atoms in total. The Balaban J connectivity index is 2.03. The minimum Gasteiger partial charge on any atom is -0.369 e. The highest BCUT2D eigenvalue weighted by molar-refractivity contribution is 7.99. The van der Waals surface area contributed by atoms with Crippen LogP contribution in [0.2, 0.25) is 0 Å². The summed E-state index contributed by atoms with van der Waals surface area (Å²) in [4.78, 5) is 0. The van der Waals surface area contributed by atoms with Gasteiger partial charge in [-0.25, -0.2) is 0 Å². The maximum atomic E-state index is 6.32. The van der Waals surface area contributed by atoms with Gasteiger partial charge >= 0.3 is 0 Å². The summed E-state index contributed by atoms with van der Waals surface area (Å²) in [6.45, 7) is 12.4. The van der Waals surface area contributed by atoms with Crippen molar-refractivity contribution in [3.8, 4) is 0 Å². The van der Waals surface area contributed by atoms with Crippen LogP contribution in [0.15, 0.2) is 0 Å². The molecular weight excluding hydrogens is 266 g/mol. The summed E-state index contributed by atoms with van der Waals surface area (Å²) in [6.07, 6.45) is 5.33. The Morgan fingerprint density at radius 3 is 2.35 bits per heavy atom. The third-order valence-electron chi connectivity index (χ3n) is 5.02. The zero-order valence-corrected chi connectivity index (χ0v) is 14.8. The van der Waals surface area contributed by atoms with Crippen LogP contribution in [-0.2, 0) is 4.74 Å². The fourth-order valence-corrected chi connectivity index (χ4v) is 5.43. The van der Waals surface area contributed by atoms with E-state index in [4.69, 9.17) is 4.74 Å². The van der Waals surface area contributed by atoms with Crippen LogP contribution in [-0.4, -0.2) is 35.3 Å². The quantitative estimate of drug-likeness (QED) is 0.826. The summed E-state index contributed by atoms with van der Waals surface area (Å²) < 4.78 is 6.32. The lowest BCUT2D eigenvalue weighted by Gasteiger charge is -2.36. The first-order chi connectivity index (χ1) is 9.34. The maximum absolute atomic E-state index is 6.32. The van der Waals surface area contributed by atoms with Crippen molar-refractivity contribution in [1.82, 2.24) is 5.32 Å². The highest BCUT2D eigenvalue weighted by atomic mass is 32.2. The van der Waals surface area contributed by atoms with Gasteiger partial charge in [0.2, 0.25) is 0 Å². The molecule has 0 aromatic heterocycles. The smallest absolute Gasteiger partial charge is 0.0677 e. The van der Waals surface area contributed by atoms with Gasteiger partial charge in [0, 0.05) is 12.0 Å². The maximum Gasteiger partial charge on any atom is 0.0677 e. The van der Waals surface area contributed by atoms with Crippen LogP contribution in [0.5, 0.6) is 0 Å². The molecule has 0 spiro atoms. The lowest BCUT2D eigenvalue weighted by atomic mass is 9.77. The Hall–Kier alpha value is 0.270. The zero-order chi connectivity index (χ0) is 14.8. The number of rotatable bonds is 5. The van der Waals surface area contributed by atoms with E-state index in [0.29, 0.717) is 12.0 Å². The Morgan fingerprint density at radius 1 is 1.20 bits per heavy atom. The van der Waals surface area contributed by atoms with Crippen molar-refractivity contribution in [3.63, 3.8) is 0 Å². The molecule has 0 saturated carbocycles. The van der Waals surface area contributed by atoms with Gasteiger partial charge in [-0.15, -0.1) is 0 Å². The van der Waals surface area contributed by atoms with E-state index in [1.54, 1.807) is 0 Å². The molecule has 2 aliphatic heterocycles. The molecule has 2 saturated heterocycles. The van der Waals surface area contributed by atoms with E-state index in [9.17, 15) is 0 Å². The van der Waals surface area contributed by atoms with Gasteiger partial charge in [0.15, 0.2) is 0 Å². The Morgan fingerprint density at radius 2 is 1.85 bits per heavy atom. The van der Waals surface area contributed by atoms with E-state index in [-0.39, 0.29) is 11.2 Å². The molecule has 0 amide bonds. The lowest BCUT2D eigenvalue weighted by molar-refractivity contribution is -0.0783. The SMILES string of the molecule is CCNC(CC1CCSCC1)C1CC(C)(C)OC1(C)C. The zero-order valence-electron chi connectivity index (χ0n) is 14.0. The number of nitrogens with one attached hydrogen (secondary N) is 1. The monoisotopic (exact) mass is 299 g/mol. The van der Waals surface area contributed by atoms with Gasteiger partial charge < -0.3 is 10.1 Å². The van der Waals surface area contributed by atoms with Crippen molar-refractivity contribution in [2.45, 2.75) is 77.5 Å². The van der Waals surface area contributed by atoms with Crippen molar-refractivity contribution in [3.05, 3.63) is 0 Å². The molecule has 2 rings (SSSR count). The molecule has 0 aromatic carbocycles. The van der Waals surface area contributed by atoms with Crippen molar-refractivity contribution < 1.29 is 4.74 Å². The Bertz CT molecular complexity index is 310. The lowest BCUT2D eigenvalue weighted by Crippen LogP contribution is -2.45. The average molecular weight is 300 g/mol. The van der Waals surface area contributed by atoms with Gasteiger partial charge in [0.05, 0.1) is 11.2 Å². The largest absolute Gasteiger partial charge is 0.369 e. The van der Waals surface area contributed by atoms with Crippen molar-refractivity contribution in [2.24, 2.45) is 11.8 Å². The predicted molar refractivity (Wildman–Crippen MR) is 89.5 cm³/mol. The molecule has 2 unspecified atom stereocenters. The van der Waals surface area contributed by atoms with Gasteiger partial charge in [-0.05, 0) is 77.3 Å². The second-order valence-corrected chi connectivity index (χ2v) is 8.96. The van der Waals surface area contributed by atoms with Crippen LogP contribution in [0.25, 0.3) is 0 Å². The van der Waals surface area contributed by atoms with Crippen LogP contribution in [0.3, 0.4) is 0 Å². The third-order valence-corrected chi connectivity index (χ3v) is 6.07. The summed E-state index contributed by atoms with van der Waals surface area (Å²) in [5, 5.41) is 3.78. The molecule has 0 aliphatic carbocycles.